The number of aromatic hydroxyl groups is 1. The molecule has 8 nitrogen and oxygen atoms in total. The maximum Gasteiger partial charge on any atom is 0.371 e. The number of carboxylic acid groups (broad SMARTS) is 1. The van der Waals surface area contributed by atoms with Gasteiger partial charge in [-0.15, -0.1) is 6.58 Å². The van der Waals surface area contributed by atoms with Gasteiger partial charge >= 0.3 is 5.97 Å². The van der Waals surface area contributed by atoms with E-state index in [1.54, 1.807) is 30.3 Å². The minimum atomic E-state index is -1.32. The number of aromatic carboxylic acids is 1. The highest BCUT2D eigenvalue weighted by Crippen LogP contribution is 2.29. The van der Waals surface area contributed by atoms with Crippen LogP contribution >= 0.6 is 0 Å². The molecule has 0 amide bonds. The van der Waals surface area contributed by atoms with Gasteiger partial charge in [-0.25, -0.2) is 4.79 Å². The molecule has 3 rings (SSSR count). The molecule has 0 radical (unpaired) electrons. The van der Waals surface area contributed by atoms with Gasteiger partial charge in [0.05, 0.1) is 18.6 Å². The fraction of sp³-hybridized carbons (Fsp3) is 0.269. The molecule has 3 aromatic rings. The molecular weight excluding hydrogens is 440 g/mol. The molecular formula is C26H26O8. The summed E-state index contributed by atoms with van der Waals surface area (Å²) in [5.41, 5.74) is 0.490. The van der Waals surface area contributed by atoms with Crippen LogP contribution in [0.1, 0.15) is 52.7 Å². The van der Waals surface area contributed by atoms with Gasteiger partial charge in [0.1, 0.15) is 28.4 Å². The van der Waals surface area contributed by atoms with E-state index in [0.717, 1.165) is 12.5 Å². The van der Waals surface area contributed by atoms with Crippen molar-refractivity contribution in [3.63, 3.8) is 0 Å². The summed E-state index contributed by atoms with van der Waals surface area (Å²) in [6.07, 6.45) is 4.19. The largest absolute Gasteiger partial charge is 0.507 e. The van der Waals surface area contributed by atoms with E-state index in [9.17, 15) is 24.6 Å². The van der Waals surface area contributed by atoms with Crippen LogP contribution in [-0.4, -0.2) is 35.2 Å². The number of fused-ring (bicyclic) bond motifs is 1. The first kappa shape index (κ1) is 24.6. The molecule has 0 bridgehead atoms. The van der Waals surface area contributed by atoms with Gasteiger partial charge in [0.15, 0.2) is 11.2 Å². The SMILES string of the molecule is C=CCc1c(OCCCCCOc2cccc(O)c2C(C)=O)ccc2c(=O)cc(C(=O)O)oc12. The second kappa shape index (κ2) is 11.2. The zero-order valence-corrected chi connectivity index (χ0v) is 18.8. The van der Waals surface area contributed by atoms with Crippen LogP contribution in [0.15, 0.2) is 58.3 Å². The van der Waals surface area contributed by atoms with E-state index in [0.29, 0.717) is 49.5 Å². The lowest BCUT2D eigenvalue weighted by atomic mass is 10.1. The Morgan fingerprint density at radius 3 is 2.41 bits per heavy atom. The molecule has 0 spiro atoms. The van der Waals surface area contributed by atoms with Crippen molar-refractivity contribution < 1.29 is 33.7 Å². The van der Waals surface area contributed by atoms with Crippen LogP contribution in [0.3, 0.4) is 0 Å². The molecule has 0 aliphatic carbocycles. The highest BCUT2D eigenvalue weighted by molar-refractivity contribution is 5.99. The molecule has 0 aliphatic heterocycles. The average Bonchev–Trinajstić information content (AvgIpc) is 2.79. The first-order chi connectivity index (χ1) is 16.3. The Kier molecular flexibility index (Phi) is 8.08. The number of ketones is 1. The summed E-state index contributed by atoms with van der Waals surface area (Å²) in [5, 5.41) is 19.3. The van der Waals surface area contributed by atoms with Gasteiger partial charge in [-0.3, -0.25) is 9.59 Å². The number of ether oxygens (including phenoxy) is 2. The van der Waals surface area contributed by atoms with Crippen LogP contribution in [-0.2, 0) is 6.42 Å². The second-order valence-corrected chi connectivity index (χ2v) is 7.66. The fourth-order valence-corrected chi connectivity index (χ4v) is 3.57. The number of phenols is 1. The first-order valence-electron chi connectivity index (χ1n) is 10.9. The highest BCUT2D eigenvalue weighted by Gasteiger charge is 2.17. The Morgan fingerprint density at radius 2 is 1.76 bits per heavy atom. The van der Waals surface area contributed by atoms with Crippen molar-refractivity contribution in [1.82, 2.24) is 0 Å². The van der Waals surface area contributed by atoms with Gasteiger partial charge in [-0.05, 0) is 56.9 Å². The minimum Gasteiger partial charge on any atom is -0.507 e. The van der Waals surface area contributed by atoms with Gasteiger partial charge < -0.3 is 24.1 Å². The lowest BCUT2D eigenvalue weighted by molar-refractivity contribution is 0.0662. The van der Waals surface area contributed by atoms with E-state index in [1.807, 2.05) is 0 Å². The topological polar surface area (TPSA) is 123 Å². The van der Waals surface area contributed by atoms with E-state index < -0.39 is 17.2 Å². The van der Waals surface area contributed by atoms with E-state index in [4.69, 9.17) is 13.9 Å². The number of carbonyl (C=O) groups is 2. The highest BCUT2D eigenvalue weighted by atomic mass is 16.5. The summed E-state index contributed by atoms with van der Waals surface area (Å²) in [7, 11) is 0. The zero-order chi connectivity index (χ0) is 24.7. The van der Waals surface area contributed by atoms with Gasteiger partial charge in [0.2, 0.25) is 5.76 Å². The smallest absolute Gasteiger partial charge is 0.371 e. The molecule has 2 aromatic carbocycles. The van der Waals surface area contributed by atoms with E-state index >= 15 is 0 Å². The van der Waals surface area contributed by atoms with Crippen molar-refractivity contribution in [3.05, 3.63) is 76.2 Å². The molecule has 0 saturated carbocycles. The Hall–Kier alpha value is -4.07. The van der Waals surface area contributed by atoms with Gasteiger partial charge in [0, 0.05) is 11.6 Å². The summed E-state index contributed by atoms with van der Waals surface area (Å²) >= 11 is 0. The van der Waals surface area contributed by atoms with Crippen molar-refractivity contribution in [3.8, 4) is 17.2 Å². The quantitative estimate of drug-likeness (QED) is 0.223. The minimum absolute atomic E-state index is 0.101. The van der Waals surface area contributed by atoms with Crippen LogP contribution < -0.4 is 14.9 Å². The Balaban J connectivity index is 1.59. The third-order valence-corrected chi connectivity index (χ3v) is 5.18. The van der Waals surface area contributed by atoms with Crippen LogP contribution in [0.25, 0.3) is 11.0 Å². The van der Waals surface area contributed by atoms with Crippen LogP contribution in [0.2, 0.25) is 0 Å². The molecule has 0 atom stereocenters. The zero-order valence-electron chi connectivity index (χ0n) is 18.8. The lowest BCUT2D eigenvalue weighted by Crippen LogP contribution is -2.09. The maximum absolute atomic E-state index is 12.3. The first-order valence-corrected chi connectivity index (χ1v) is 10.9. The predicted octanol–water partition coefficient (Wildman–Crippen LogP) is 4.76. The van der Waals surface area contributed by atoms with Gasteiger partial charge in [0.25, 0.3) is 0 Å². The standard InChI is InChI=1S/C26H26O8/c1-3-8-18-21(12-11-17-20(29)15-23(26(30)31)34-25(17)18)32-13-5-4-6-14-33-22-10-7-9-19(28)24(22)16(2)27/h3,7,9-12,15,28H,1,4-6,8,13-14H2,2H3,(H,30,31). The van der Waals surface area contributed by atoms with Crippen LogP contribution in [0, 0.1) is 0 Å². The summed E-state index contributed by atoms with van der Waals surface area (Å²) < 4.78 is 17.0. The second-order valence-electron chi connectivity index (χ2n) is 7.66. The van der Waals surface area contributed by atoms with Gasteiger partial charge in [-0.1, -0.05) is 12.1 Å². The molecule has 0 fully saturated rings. The van der Waals surface area contributed by atoms with E-state index in [1.165, 1.54) is 13.0 Å². The molecule has 178 valence electrons. The molecule has 1 heterocycles. The molecule has 2 N–H and O–H groups in total. The monoisotopic (exact) mass is 466 g/mol. The normalized spacial score (nSPS) is 10.7. The number of benzene rings is 2. The Morgan fingerprint density at radius 1 is 1.06 bits per heavy atom. The van der Waals surface area contributed by atoms with Crippen molar-refractivity contribution >= 4 is 22.7 Å². The summed E-state index contributed by atoms with van der Waals surface area (Å²) in [4.78, 5) is 35.3. The fourth-order valence-electron chi connectivity index (χ4n) is 3.57. The Bertz CT molecular complexity index is 1270. The number of allylic oxidation sites excluding steroid dienone is 1. The van der Waals surface area contributed by atoms with Crippen molar-refractivity contribution in [2.45, 2.75) is 32.6 Å². The molecule has 34 heavy (non-hydrogen) atoms. The average molecular weight is 466 g/mol. The summed E-state index contributed by atoms with van der Waals surface area (Å²) in [6, 6.07) is 8.91. The number of carbonyl (C=O) groups excluding carboxylic acids is 1. The number of hydrogen-bond acceptors (Lipinski definition) is 7. The van der Waals surface area contributed by atoms with Crippen molar-refractivity contribution in [2.24, 2.45) is 0 Å². The van der Waals surface area contributed by atoms with Crippen molar-refractivity contribution in [2.75, 3.05) is 13.2 Å². The van der Waals surface area contributed by atoms with Crippen LogP contribution in [0.5, 0.6) is 17.2 Å². The lowest BCUT2D eigenvalue weighted by Gasteiger charge is -2.13. The predicted molar refractivity (Wildman–Crippen MR) is 126 cm³/mol. The number of carboxylic acids is 1. The summed E-state index contributed by atoms with van der Waals surface area (Å²) in [5.74, 6) is -1.26. The molecule has 1 aromatic heterocycles. The molecule has 0 unspecified atom stereocenters. The van der Waals surface area contributed by atoms with Gasteiger partial charge in [-0.2, -0.15) is 0 Å². The Labute approximate surface area is 196 Å². The van der Waals surface area contributed by atoms with E-state index in [2.05, 4.69) is 6.58 Å². The number of hydrogen-bond donors (Lipinski definition) is 2. The number of unbranched alkanes of at least 4 members (excludes halogenated alkanes) is 2. The molecule has 0 saturated heterocycles. The van der Waals surface area contributed by atoms with E-state index in [-0.39, 0.29) is 28.1 Å². The summed E-state index contributed by atoms with van der Waals surface area (Å²) in [6.45, 7) is 5.87. The maximum atomic E-state index is 12.3. The third-order valence-electron chi connectivity index (χ3n) is 5.18. The number of rotatable bonds is 12. The third kappa shape index (κ3) is 5.64. The van der Waals surface area contributed by atoms with Crippen LogP contribution in [0.4, 0.5) is 0 Å². The molecule has 0 aliphatic rings. The number of Topliss-reactive ketones (excluding diaryl/α,β-unsaturated/α-hetero) is 1. The number of phenolic OH excluding ortho intramolecular Hbond substituents is 1. The van der Waals surface area contributed by atoms with Crippen molar-refractivity contribution in [1.29, 1.82) is 0 Å². The molecule has 8 heteroatoms.